The number of ether oxygens (including phenoxy) is 7. The maximum absolute atomic E-state index is 11.7. The van der Waals surface area contributed by atoms with Gasteiger partial charge in [-0.1, -0.05) is 0 Å². The molecule has 0 unspecified atom stereocenters. The van der Waals surface area contributed by atoms with E-state index in [1.807, 2.05) is 0 Å². The Hall–Kier alpha value is -3.26. The first-order chi connectivity index (χ1) is 15.5. The summed E-state index contributed by atoms with van der Waals surface area (Å²) in [6.45, 7) is 3.19. The van der Waals surface area contributed by atoms with Gasteiger partial charge in [0.05, 0.1) is 6.61 Å². The molecule has 1 fully saturated rings. The Labute approximate surface area is 189 Å². The van der Waals surface area contributed by atoms with E-state index in [1.165, 1.54) is 0 Å². The van der Waals surface area contributed by atoms with Gasteiger partial charge in [-0.05, 0) is 0 Å². The second-order valence-corrected chi connectivity index (χ2v) is 6.66. The van der Waals surface area contributed by atoms with E-state index in [0.29, 0.717) is 6.41 Å². The Morgan fingerprint density at radius 1 is 0.788 bits per heavy atom. The van der Waals surface area contributed by atoms with Gasteiger partial charge in [-0.25, -0.2) is 0 Å². The standard InChI is InChI=1S/C19H27NO13/c1-10(22)29-8-14-16(30-11(2)23)17(31-12(3)24)18(32-13(4)25)19(33-14)28-6-5-27-15(26)7-20-9-21/h9,14,16-19H,5-8H2,1-4H3,(H,20,21)/t14-,16+,17+,18-,19-/m1/s1. The third kappa shape index (κ3) is 10.3. The molecular weight excluding hydrogens is 450 g/mol. The number of esters is 5. The minimum atomic E-state index is -1.38. The van der Waals surface area contributed by atoms with E-state index >= 15 is 0 Å². The lowest BCUT2D eigenvalue weighted by Gasteiger charge is -2.44. The quantitative estimate of drug-likeness (QED) is 0.147. The summed E-state index contributed by atoms with van der Waals surface area (Å²) < 4.78 is 36.7. The summed E-state index contributed by atoms with van der Waals surface area (Å²) in [7, 11) is 0. The van der Waals surface area contributed by atoms with Gasteiger partial charge < -0.3 is 38.5 Å². The minimum absolute atomic E-state index is 0.249. The second-order valence-electron chi connectivity index (χ2n) is 6.66. The fraction of sp³-hybridized carbons (Fsp3) is 0.684. The molecule has 14 heteroatoms. The van der Waals surface area contributed by atoms with E-state index in [1.54, 1.807) is 0 Å². The third-order valence-electron chi connectivity index (χ3n) is 3.91. The normalized spacial score (nSPS) is 24.1. The van der Waals surface area contributed by atoms with Crippen molar-refractivity contribution in [3.63, 3.8) is 0 Å². The van der Waals surface area contributed by atoms with Gasteiger partial charge >= 0.3 is 29.8 Å². The summed E-state index contributed by atoms with van der Waals surface area (Å²) in [4.78, 5) is 67.9. The topological polar surface area (TPSA) is 179 Å². The summed E-state index contributed by atoms with van der Waals surface area (Å²) in [6, 6.07) is 0. The fourth-order valence-corrected chi connectivity index (χ4v) is 2.82. The second kappa shape index (κ2) is 14.0. The average molecular weight is 477 g/mol. The van der Waals surface area contributed by atoms with Crippen LogP contribution in [0.2, 0.25) is 0 Å². The van der Waals surface area contributed by atoms with Crippen LogP contribution in [0.3, 0.4) is 0 Å². The molecule has 0 aromatic carbocycles. The van der Waals surface area contributed by atoms with E-state index in [9.17, 15) is 28.8 Å². The third-order valence-corrected chi connectivity index (χ3v) is 3.91. The van der Waals surface area contributed by atoms with Crippen LogP contribution in [0.25, 0.3) is 0 Å². The molecule has 1 saturated heterocycles. The van der Waals surface area contributed by atoms with Gasteiger partial charge in [-0.15, -0.1) is 0 Å². The largest absolute Gasteiger partial charge is 0.463 e. The number of amides is 1. The highest BCUT2D eigenvalue weighted by Crippen LogP contribution is 2.29. The van der Waals surface area contributed by atoms with Crippen molar-refractivity contribution in [1.29, 1.82) is 0 Å². The molecular formula is C19H27NO13. The smallest absolute Gasteiger partial charge is 0.325 e. The van der Waals surface area contributed by atoms with Crippen molar-refractivity contribution >= 4 is 36.3 Å². The van der Waals surface area contributed by atoms with E-state index in [0.717, 1.165) is 27.7 Å². The van der Waals surface area contributed by atoms with Crippen molar-refractivity contribution in [1.82, 2.24) is 5.32 Å². The van der Waals surface area contributed by atoms with Gasteiger partial charge in [0.1, 0.15) is 25.9 Å². The molecule has 14 nitrogen and oxygen atoms in total. The lowest BCUT2D eigenvalue weighted by molar-refractivity contribution is -0.309. The Morgan fingerprint density at radius 3 is 1.91 bits per heavy atom. The molecule has 0 aliphatic carbocycles. The molecule has 0 aromatic heterocycles. The van der Waals surface area contributed by atoms with Crippen LogP contribution in [-0.4, -0.2) is 93.3 Å². The molecule has 0 saturated carbocycles. The van der Waals surface area contributed by atoms with Crippen LogP contribution < -0.4 is 5.32 Å². The molecule has 5 atom stereocenters. The number of nitrogens with one attached hydrogen (secondary N) is 1. The Bertz CT molecular complexity index is 724. The van der Waals surface area contributed by atoms with Crippen LogP contribution in [0.15, 0.2) is 0 Å². The molecule has 0 spiro atoms. The van der Waals surface area contributed by atoms with Crippen molar-refractivity contribution in [2.24, 2.45) is 0 Å². The molecule has 1 heterocycles. The van der Waals surface area contributed by atoms with Crippen molar-refractivity contribution in [3.05, 3.63) is 0 Å². The maximum Gasteiger partial charge on any atom is 0.325 e. The molecule has 0 radical (unpaired) electrons. The summed E-state index contributed by atoms with van der Waals surface area (Å²) in [5.74, 6) is -3.70. The lowest BCUT2D eigenvalue weighted by atomic mass is 9.98. The van der Waals surface area contributed by atoms with E-state index in [-0.39, 0.29) is 19.8 Å². The highest BCUT2D eigenvalue weighted by atomic mass is 16.7. The number of hydrogen-bond acceptors (Lipinski definition) is 13. The van der Waals surface area contributed by atoms with Crippen molar-refractivity contribution < 1.29 is 61.9 Å². The van der Waals surface area contributed by atoms with Gasteiger partial charge in [-0.3, -0.25) is 28.8 Å². The molecule has 1 N–H and O–H groups in total. The summed E-state index contributed by atoms with van der Waals surface area (Å²) >= 11 is 0. The van der Waals surface area contributed by atoms with Gasteiger partial charge in [0, 0.05) is 27.7 Å². The molecule has 1 rings (SSSR count). The van der Waals surface area contributed by atoms with E-state index < -0.39 is 67.2 Å². The average Bonchev–Trinajstić information content (AvgIpc) is 2.71. The summed E-state index contributed by atoms with van der Waals surface area (Å²) in [5.41, 5.74) is 0. The highest BCUT2D eigenvalue weighted by Gasteiger charge is 2.52. The number of hydrogen-bond donors (Lipinski definition) is 1. The predicted octanol–water partition coefficient (Wildman–Crippen LogP) is -1.62. The Balaban J connectivity index is 3.06. The fourth-order valence-electron chi connectivity index (χ4n) is 2.82. The maximum atomic E-state index is 11.7. The van der Waals surface area contributed by atoms with Crippen molar-refractivity contribution in [2.45, 2.75) is 58.4 Å². The molecule has 186 valence electrons. The first kappa shape index (κ1) is 27.8. The number of carbonyl (C=O) groups is 6. The Morgan fingerprint density at radius 2 is 1.36 bits per heavy atom. The highest BCUT2D eigenvalue weighted by molar-refractivity contribution is 5.74. The molecule has 0 aromatic rings. The monoisotopic (exact) mass is 477 g/mol. The zero-order valence-electron chi connectivity index (χ0n) is 18.6. The molecule has 1 aliphatic heterocycles. The summed E-state index contributed by atoms with van der Waals surface area (Å²) in [5, 5.41) is 2.13. The number of carbonyl (C=O) groups excluding carboxylic acids is 6. The molecule has 1 aliphatic rings. The van der Waals surface area contributed by atoms with Crippen LogP contribution >= 0.6 is 0 Å². The van der Waals surface area contributed by atoms with Crippen LogP contribution in [0.1, 0.15) is 27.7 Å². The van der Waals surface area contributed by atoms with Gasteiger partial charge in [0.2, 0.25) is 6.41 Å². The Kier molecular flexibility index (Phi) is 11.8. The van der Waals surface area contributed by atoms with Crippen molar-refractivity contribution in [2.75, 3.05) is 26.4 Å². The van der Waals surface area contributed by atoms with Gasteiger partial charge in [0.15, 0.2) is 24.6 Å². The van der Waals surface area contributed by atoms with Crippen LogP contribution in [0.4, 0.5) is 0 Å². The SMILES string of the molecule is CC(=O)OC[C@H]1O[C@@H](OCCOC(=O)CNC=O)[C@H](OC(C)=O)[C@@H](OC(C)=O)[C@H]1OC(C)=O. The van der Waals surface area contributed by atoms with Crippen molar-refractivity contribution in [3.8, 4) is 0 Å². The summed E-state index contributed by atoms with van der Waals surface area (Å²) in [6.07, 6.45) is -6.25. The molecule has 33 heavy (non-hydrogen) atoms. The van der Waals surface area contributed by atoms with Gasteiger partial charge in [-0.2, -0.15) is 0 Å². The molecule has 1 amide bonds. The van der Waals surface area contributed by atoms with E-state index in [2.05, 4.69) is 5.32 Å². The predicted molar refractivity (Wildman–Crippen MR) is 103 cm³/mol. The van der Waals surface area contributed by atoms with Crippen LogP contribution in [-0.2, 0) is 61.9 Å². The van der Waals surface area contributed by atoms with Crippen LogP contribution in [0, 0.1) is 0 Å². The number of rotatable bonds is 12. The zero-order chi connectivity index (χ0) is 25.0. The first-order valence-electron chi connectivity index (χ1n) is 9.79. The zero-order valence-corrected chi connectivity index (χ0v) is 18.6. The van der Waals surface area contributed by atoms with E-state index in [4.69, 9.17) is 33.2 Å². The lowest BCUT2D eigenvalue weighted by Crippen LogP contribution is -2.63. The molecule has 0 bridgehead atoms. The van der Waals surface area contributed by atoms with Gasteiger partial charge in [0.25, 0.3) is 0 Å². The first-order valence-corrected chi connectivity index (χ1v) is 9.79. The van der Waals surface area contributed by atoms with Crippen LogP contribution in [0.5, 0.6) is 0 Å². The minimum Gasteiger partial charge on any atom is -0.463 e.